The quantitative estimate of drug-likeness (QED) is 0.705. The van der Waals surface area contributed by atoms with Crippen molar-refractivity contribution in [2.75, 3.05) is 13.6 Å². The molecule has 0 aliphatic carbocycles. The number of hydrogen-bond donors (Lipinski definition) is 1. The van der Waals surface area contributed by atoms with Crippen molar-refractivity contribution in [2.45, 2.75) is 25.4 Å². The van der Waals surface area contributed by atoms with Crippen LogP contribution in [0.4, 0.5) is 0 Å². The predicted molar refractivity (Wildman–Crippen MR) is 55.9 cm³/mol. The summed E-state index contributed by atoms with van der Waals surface area (Å²) in [4.78, 5) is 2.28. The second-order valence-corrected chi connectivity index (χ2v) is 4.21. The van der Waals surface area contributed by atoms with Gasteiger partial charge in [0.25, 0.3) is 0 Å². The minimum atomic E-state index is 0.231. The van der Waals surface area contributed by atoms with Crippen LogP contribution >= 0.6 is 0 Å². The number of aromatic nitrogens is 2. The first-order valence-corrected chi connectivity index (χ1v) is 5.06. The lowest BCUT2D eigenvalue weighted by Gasteiger charge is -2.20. The molecular formula is C10H18N4. The molecule has 1 saturated heterocycles. The smallest absolute Gasteiger partial charge is 0.0814 e. The van der Waals surface area contributed by atoms with Gasteiger partial charge >= 0.3 is 0 Å². The molecular weight excluding hydrogens is 176 g/mol. The highest BCUT2D eigenvalue weighted by Gasteiger charge is 2.32. The lowest BCUT2D eigenvalue weighted by molar-refractivity contribution is 0.297. The van der Waals surface area contributed by atoms with Crippen molar-refractivity contribution in [3.05, 3.63) is 17.5 Å². The fourth-order valence-corrected chi connectivity index (χ4v) is 2.15. The Morgan fingerprint density at radius 2 is 2.21 bits per heavy atom. The molecule has 0 bridgehead atoms. The van der Waals surface area contributed by atoms with Gasteiger partial charge in [-0.05, 0) is 26.5 Å². The molecule has 1 aliphatic rings. The molecule has 0 amide bonds. The van der Waals surface area contributed by atoms with Gasteiger partial charge in [0.15, 0.2) is 0 Å². The van der Waals surface area contributed by atoms with Crippen LogP contribution in [0.2, 0.25) is 0 Å². The number of nitrogens with two attached hydrogens (primary N) is 1. The molecule has 1 aliphatic heterocycles. The first-order valence-electron chi connectivity index (χ1n) is 5.06. The van der Waals surface area contributed by atoms with Crippen molar-refractivity contribution in [3.63, 3.8) is 0 Å². The van der Waals surface area contributed by atoms with Crippen LogP contribution in [0.25, 0.3) is 0 Å². The zero-order chi connectivity index (χ0) is 10.3. The number of aryl methyl sites for hydroxylation is 2. The number of rotatable bonds is 1. The Balaban J connectivity index is 2.29. The summed E-state index contributed by atoms with van der Waals surface area (Å²) in [5.41, 5.74) is 8.37. The first-order chi connectivity index (χ1) is 6.59. The topological polar surface area (TPSA) is 47.1 Å². The number of likely N-dealkylation sites (N-methyl/N-ethyl adjacent to an activating group) is 1. The molecule has 1 fully saturated rings. The highest BCUT2D eigenvalue weighted by molar-refractivity contribution is 5.16. The Labute approximate surface area is 84.7 Å². The van der Waals surface area contributed by atoms with Crippen LogP contribution in [-0.2, 0) is 7.05 Å². The molecule has 0 aromatic carbocycles. The zero-order valence-corrected chi connectivity index (χ0v) is 9.07. The van der Waals surface area contributed by atoms with Crippen LogP contribution in [0.3, 0.4) is 0 Å². The van der Waals surface area contributed by atoms with Gasteiger partial charge in [0.05, 0.1) is 11.7 Å². The fraction of sp³-hybridized carbons (Fsp3) is 0.700. The summed E-state index contributed by atoms with van der Waals surface area (Å²) in [6.45, 7) is 3.14. The Bertz CT molecular complexity index is 301. The number of nitrogens with zero attached hydrogens (tertiary/aromatic N) is 3. The van der Waals surface area contributed by atoms with E-state index in [4.69, 9.17) is 5.73 Å². The molecule has 2 heterocycles. The maximum Gasteiger partial charge on any atom is 0.0814 e. The minimum absolute atomic E-state index is 0.231. The van der Waals surface area contributed by atoms with E-state index < -0.39 is 0 Å². The van der Waals surface area contributed by atoms with E-state index in [1.165, 1.54) is 5.69 Å². The van der Waals surface area contributed by atoms with Crippen LogP contribution in [0, 0.1) is 6.92 Å². The fourth-order valence-electron chi connectivity index (χ4n) is 2.15. The van der Waals surface area contributed by atoms with Gasteiger partial charge in [-0.15, -0.1) is 0 Å². The number of likely N-dealkylation sites (tertiary alicyclic amines) is 1. The SMILES string of the molecule is Cc1cc(C2C(N)CCN2C)nn1C. The molecule has 0 saturated carbocycles. The molecule has 4 heteroatoms. The van der Waals surface area contributed by atoms with Crippen LogP contribution in [0.5, 0.6) is 0 Å². The molecule has 0 spiro atoms. The van der Waals surface area contributed by atoms with Crippen LogP contribution in [0.1, 0.15) is 23.9 Å². The molecule has 1 aromatic rings. The summed E-state index contributed by atoms with van der Waals surface area (Å²) in [6.07, 6.45) is 1.07. The average Bonchev–Trinajstić information content (AvgIpc) is 2.59. The summed E-state index contributed by atoms with van der Waals surface area (Å²) in [5.74, 6) is 0. The third-order valence-electron chi connectivity index (χ3n) is 3.13. The van der Waals surface area contributed by atoms with Gasteiger partial charge in [-0.25, -0.2) is 0 Å². The van der Waals surface area contributed by atoms with E-state index >= 15 is 0 Å². The van der Waals surface area contributed by atoms with Crippen molar-refractivity contribution >= 4 is 0 Å². The predicted octanol–water partition coefficient (Wildman–Crippen LogP) is 0.432. The first kappa shape index (κ1) is 9.68. The molecule has 2 unspecified atom stereocenters. The lowest BCUT2D eigenvalue weighted by atomic mass is 10.1. The Morgan fingerprint density at radius 1 is 1.50 bits per heavy atom. The van der Waals surface area contributed by atoms with Gasteiger partial charge in [-0.3, -0.25) is 9.58 Å². The van der Waals surface area contributed by atoms with Gasteiger partial charge < -0.3 is 5.73 Å². The van der Waals surface area contributed by atoms with Gasteiger partial charge in [-0.2, -0.15) is 5.10 Å². The monoisotopic (exact) mass is 194 g/mol. The van der Waals surface area contributed by atoms with Gasteiger partial charge in [-0.1, -0.05) is 0 Å². The summed E-state index contributed by atoms with van der Waals surface area (Å²) >= 11 is 0. The Morgan fingerprint density at radius 3 is 2.64 bits per heavy atom. The normalized spacial score (nSPS) is 28.6. The van der Waals surface area contributed by atoms with E-state index in [1.54, 1.807) is 0 Å². The largest absolute Gasteiger partial charge is 0.326 e. The third-order valence-corrected chi connectivity index (χ3v) is 3.13. The summed E-state index contributed by atoms with van der Waals surface area (Å²) < 4.78 is 1.91. The molecule has 78 valence electrons. The summed E-state index contributed by atoms with van der Waals surface area (Å²) in [5, 5.41) is 4.49. The lowest BCUT2D eigenvalue weighted by Crippen LogP contribution is -2.29. The van der Waals surface area contributed by atoms with Crippen molar-refractivity contribution in [3.8, 4) is 0 Å². The van der Waals surface area contributed by atoms with Gasteiger partial charge in [0, 0.05) is 25.3 Å². The Hall–Kier alpha value is -0.870. The number of hydrogen-bond acceptors (Lipinski definition) is 3. The van der Waals surface area contributed by atoms with Crippen molar-refractivity contribution in [1.82, 2.24) is 14.7 Å². The van der Waals surface area contributed by atoms with Crippen molar-refractivity contribution in [1.29, 1.82) is 0 Å². The third kappa shape index (κ3) is 1.44. The van der Waals surface area contributed by atoms with Crippen molar-refractivity contribution in [2.24, 2.45) is 12.8 Å². The van der Waals surface area contributed by atoms with Crippen molar-refractivity contribution < 1.29 is 0 Å². The van der Waals surface area contributed by atoms with E-state index in [0.717, 1.165) is 18.7 Å². The van der Waals surface area contributed by atoms with Gasteiger partial charge in [0.2, 0.25) is 0 Å². The van der Waals surface area contributed by atoms with Crippen LogP contribution in [0.15, 0.2) is 6.07 Å². The van der Waals surface area contributed by atoms with Gasteiger partial charge in [0.1, 0.15) is 0 Å². The van der Waals surface area contributed by atoms with E-state index in [1.807, 2.05) is 11.7 Å². The standard InChI is InChI=1S/C10H18N4/c1-7-6-9(12-14(7)3)10-8(11)4-5-13(10)2/h6,8,10H,4-5,11H2,1-3H3. The average molecular weight is 194 g/mol. The van der Waals surface area contributed by atoms with E-state index in [0.29, 0.717) is 6.04 Å². The second-order valence-electron chi connectivity index (χ2n) is 4.21. The molecule has 2 atom stereocenters. The molecule has 14 heavy (non-hydrogen) atoms. The molecule has 4 nitrogen and oxygen atoms in total. The second kappa shape index (κ2) is 3.37. The van der Waals surface area contributed by atoms with Crippen LogP contribution in [-0.4, -0.2) is 34.3 Å². The van der Waals surface area contributed by atoms with E-state index in [2.05, 4.69) is 30.0 Å². The highest BCUT2D eigenvalue weighted by Crippen LogP contribution is 2.28. The molecule has 0 radical (unpaired) electrons. The summed E-state index contributed by atoms with van der Waals surface area (Å²) in [6, 6.07) is 2.66. The minimum Gasteiger partial charge on any atom is -0.326 e. The Kier molecular flexibility index (Phi) is 2.33. The maximum atomic E-state index is 6.07. The van der Waals surface area contributed by atoms with E-state index in [9.17, 15) is 0 Å². The van der Waals surface area contributed by atoms with Crippen LogP contribution < -0.4 is 5.73 Å². The molecule has 2 N–H and O–H groups in total. The van der Waals surface area contributed by atoms with E-state index in [-0.39, 0.29) is 6.04 Å². The summed E-state index contributed by atoms with van der Waals surface area (Å²) in [7, 11) is 4.08. The molecule has 1 aromatic heterocycles. The molecule has 2 rings (SSSR count). The highest BCUT2D eigenvalue weighted by atomic mass is 15.3. The zero-order valence-electron chi connectivity index (χ0n) is 9.07. The maximum absolute atomic E-state index is 6.07.